The summed E-state index contributed by atoms with van der Waals surface area (Å²) >= 11 is 3.31. The minimum absolute atomic E-state index is 0.0870. The number of carbonyl (C=O) groups excluding carboxylic acids is 1. The fourth-order valence-electron chi connectivity index (χ4n) is 1.69. The summed E-state index contributed by atoms with van der Waals surface area (Å²) in [6.45, 7) is 0. The highest BCUT2D eigenvalue weighted by Crippen LogP contribution is 2.25. The lowest BCUT2D eigenvalue weighted by Crippen LogP contribution is -2.14. The molecule has 2 aromatic carbocycles. The number of benzene rings is 2. The van der Waals surface area contributed by atoms with E-state index in [4.69, 9.17) is 10.5 Å². The van der Waals surface area contributed by atoms with Gasteiger partial charge in [-0.1, -0.05) is 22.0 Å². The summed E-state index contributed by atoms with van der Waals surface area (Å²) in [5.74, 6) is -0.520. The lowest BCUT2D eigenvalue weighted by Gasteiger charge is -2.10. The zero-order chi connectivity index (χ0) is 14.7. The molecule has 6 heteroatoms. The van der Waals surface area contributed by atoms with Gasteiger partial charge in [0, 0.05) is 16.2 Å². The molecule has 0 aliphatic rings. The van der Waals surface area contributed by atoms with Crippen LogP contribution in [0.3, 0.4) is 0 Å². The molecular formula is C14H12BrFN2O2. The van der Waals surface area contributed by atoms with Crippen LogP contribution in [0.5, 0.6) is 5.75 Å². The van der Waals surface area contributed by atoms with Crippen LogP contribution in [0.4, 0.5) is 15.8 Å². The van der Waals surface area contributed by atoms with Crippen molar-refractivity contribution in [2.45, 2.75) is 0 Å². The average molecular weight is 339 g/mol. The Morgan fingerprint density at radius 2 is 2.10 bits per heavy atom. The van der Waals surface area contributed by atoms with E-state index in [1.54, 1.807) is 18.2 Å². The fraction of sp³-hybridized carbons (Fsp3) is 0.0714. The number of hydrogen-bond donors (Lipinski definition) is 2. The van der Waals surface area contributed by atoms with Crippen molar-refractivity contribution in [1.82, 2.24) is 0 Å². The highest BCUT2D eigenvalue weighted by molar-refractivity contribution is 9.10. The van der Waals surface area contributed by atoms with Crippen LogP contribution in [0.25, 0.3) is 0 Å². The van der Waals surface area contributed by atoms with Crippen LogP contribution in [-0.2, 0) is 0 Å². The molecule has 20 heavy (non-hydrogen) atoms. The van der Waals surface area contributed by atoms with Crippen LogP contribution in [-0.4, -0.2) is 13.0 Å². The smallest absolute Gasteiger partial charge is 0.257 e. The van der Waals surface area contributed by atoms with E-state index in [9.17, 15) is 9.18 Å². The van der Waals surface area contributed by atoms with Gasteiger partial charge in [0.25, 0.3) is 5.91 Å². The molecule has 0 unspecified atom stereocenters. The van der Waals surface area contributed by atoms with E-state index in [2.05, 4.69) is 21.2 Å². The zero-order valence-electron chi connectivity index (χ0n) is 10.6. The Labute approximate surface area is 123 Å². The largest absolute Gasteiger partial charge is 0.497 e. The van der Waals surface area contributed by atoms with Gasteiger partial charge in [-0.2, -0.15) is 0 Å². The maximum absolute atomic E-state index is 13.3. The second-order valence-electron chi connectivity index (χ2n) is 4.03. The molecule has 0 radical (unpaired) electrons. The first-order valence-electron chi connectivity index (χ1n) is 5.71. The van der Waals surface area contributed by atoms with Gasteiger partial charge in [0.2, 0.25) is 0 Å². The van der Waals surface area contributed by atoms with Gasteiger partial charge in [-0.15, -0.1) is 0 Å². The van der Waals surface area contributed by atoms with Crippen molar-refractivity contribution >= 4 is 33.2 Å². The van der Waals surface area contributed by atoms with Crippen LogP contribution in [0.2, 0.25) is 0 Å². The standard InChI is InChI=1S/C14H12BrFN2O2/c1-20-10-6-8(15)5-9(7-10)18-14(19)11-3-2-4-12(16)13(11)17/h2-7H,17H2,1H3,(H,18,19). The number of carbonyl (C=O) groups is 1. The normalized spacial score (nSPS) is 10.2. The summed E-state index contributed by atoms with van der Waals surface area (Å²) in [7, 11) is 1.53. The van der Waals surface area contributed by atoms with E-state index >= 15 is 0 Å². The first kappa shape index (κ1) is 14.3. The maximum atomic E-state index is 13.3. The van der Waals surface area contributed by atoms with Gasteiger partial charge < -0.3 is 15.8 Å². The number of ether oxygens (including phenoxy) is 1. The zero-order valence-corrected chi connectivity index (χ0v) is 12.2. The van der Waals surface area contributed by atoms with Crippen molar-refractivity contribution in [3.05, 3.63) is 52.3 Å². The number of nitrogen functional groups attached to an aromatic ring is 1. The molecule has 0 saturated carbocycles. The highest BCUT2D eigenvalue weighted by atomic mass is 79.9. The van der Waals surface area contributed by atoms with Gasteiger partial charge in [-0.05, 0) is 24.3 Å². The highest BCUT2D eigenvalue weighted by Gasteiger charge is 2.13. The monoisotopic (exact) mass is 338 g/mol. The number of amides is 1. The Hall–Kier alpha value is -2.08. The average Bonchev–Trinajstić information content (AvgIpc) is 2.41. The van der Waals surface area contributed by atoms with Gasteiger partial charge in [0.15, 0.2) is 0 Å². The quantitative estimate of drug-likeness (QED) is 0.842. The Bertz CT molecular complexity index is 662. The van der Waals surface area contributed by atoms with Crippen LogP contribution in [0, 0.1) is 5.82 Å². The van der Waals surface area contributed by atoms with Crippen molar-refractivity contribution in [3.8, 4) is 5.75 Å². The van der Waals surface area contributed by atoms with Gasteiger partial charge in [0.1, 0.15) is 11.6 Å². The minimum Gasteiger partial charge on any atom is -0.497 e. The number of nitrogens with one attached hydrogen (secondary N) is 1. The third-order valence-electron chi connectivity index (χ3n) is 2.66. The number of nitrogens with two attached hydrogens (primary N) is 1. The van der Waals surface area contributed by atoms with Gasteiger partial charge in [0.05, 0.1) is 18.4 Å². The summed E-state index contributed by atoms with van der Waals surface area (Å²) in [6.07, 6.45) is 0. The van der Waals surface area contributed by atoms with E-state index in [1.165, 1.54) is 25.3 Å². The molecule has 0 spiro atoms. The molecule has 1 amide bonds. The molecule has 0 aromatic heterocycles. The maximum Gasteiger partial charge on any atom is 0.257 e. The Morgan fingerprint density at radius 3 is 2.80 bits per heavy atom. The fourth-order valence-corrected chi connectivity index (χ4v) is 2.16. The SMILES string of the molecule is COc1cc(Br)cc(NC(=O)c2cccc(F)c2N)c1. The molecular weight excluding hydrogens is 327 g/mol. The lowest BCUT2D eigenvalue weighted by atomic mass is 10.1. The number of halogens is 2. The third-order valence-corrected chi connectivity index (χ3v) is 3.12. The predicted molar refractivity (Wildman–Crippen MR) is 79.5 cm³/mol. The molecule has 4 nitrogen and oxygen atoms in total. The van der Waals surface area contributed by atoms with Crippen molar-refractivity contribution in [2.75, 3.05) is 18.2 Å². The van der Waals surface area contributed by atoms with E-state index in [0.29, 0.717) is 11.4 Å². The number of para-hydroxylation sites is 1. The van der Waals surface area contributed by atoms with Crippen molar-refractivity contribution in [2.24, 2.45) is 0 Å². The number of hydrogen-bond acceptors (Lipinski definition) is 3. The molecule has 3 N–H and O–H groups in total. The van der Waals surface area contributed by atoms with E-state index < -0.39 is 11.7 Å². The molecule has 0 atom stereocenters. The van der Waals surface area contributed by atoms with Gasteiger partial charge in [-0.25, -0.2) is 4.39 Å². The van der Waals surface area contributed by atoms with E-state index in [0.717, 1.165) is 4.47 Å². The Balaban J connectivity index is 2.28. The van der Waals surface area contributed by atoms with Crippen LogP contribution in [0.1, 0.15) is 10.4 Å². The van der Waals surface area contributed by atoms with Crippen LogP contribution >= 0.6 is 15.9 Å². The number of anilines is 2. The predicted octanol–water partition coefficient (Wildman–Crippen LogP) is 3.43. The van der Waals surface area contributed by atoms with Crippen molar-refractivity contribution < 1.29 is 13.9 Å². The number of methoxy groups -OCH3 is 1. The molecule has 2 aromatic rings. The van der Waals surface area contributed by atoms with Gasteiger partial charge >= 0.3 is 0 Å². The summed E-state index contributed by atoms with van der Waals surface area (Å²) in [5.41, 5.74) is 5.98. The molecule has 0 saturated heterocycles. The topological polar surface area (TPSA) is 64.3 Å². The summed E-state index contributed by atoms with van der Waals surface area (Å²) in [6, 6.07) is 9.21. The second kappa shape index (κ2) is 5.92. The summed E-state index contributed by atoms with van der Waals surface area (Å²) in [4.78, 5) is 12.1. The molecule has 0 aliphatic heterocycles. The Morgan fingerprint density at radius 1 is 1.35 bits per heavy atom. The molecule has 104 valence electrons. The Kier molecular flexibility index (Phi) is 4.24. The van der Waals surface area contributed by atoms with Crippen LogP contribution < -0.4 is 15.8 Å². The minimum atomic E-state index is -0.621. The molecule has 2 rings (SSSR count). The first-order valence-corrected chi connectivity index (χ1v) is 6.50. The van der Waals surface area contributed by atoms with Crippen molar-refractivity contribution in [1.29, 1.82) is 0 Å². The van der Waals surface area contributed by atoms with E-state index in [-0.39, 0.29) is 11.3 Å². The summed E-state index contributed by atoms with van der Waals surface area (Å²) in [5, 5.41) is 2.65. The van der Waals surface area contributed by atoms with Gasteiger partial charge in [-0.3, -0.25) is 4.79 Å². The summed E-state index contributed by atoms with van der Waals surface area (Å²) < 4.78 is 19.2. The third kappa shape index (κ3) is 3.08. The molecule has 0 bridgehead atoms. The second-order valence-corrected chi connectivity index (χ2v) is 4.95. The lowest BCUT2D eigenvalue weighted by molar-refractivity contribution is 0.102. The van der Waals surface area contributed by atoms with Crippen LogP contribution in [0.15, 0.2) is 40.9 Å². The van der Waals surface area contributed by atoms with E-state index in [1.807, 2.05) is 0 Å². The molecule has 0 fully saturated rings. The first-order chi connectivity index (χ1) is 9.51. The van der Waals surface area contributed by atoms with Crippen molar-refractivity contribution in [3.63, 3.8) is 0 Å². The molecule has 0 aliphatic carbocycles. The number of rotatable bonds is 3. The molecule has 0 heterocycles.